The first kappa shape index (κ1) is 223. The molecule has 4 heteroatoms. The number of hydrogen-bond donors (Lipinski definition) is 0. The Balaban J connectivity index is -0.000000000614. The minimum atomic E-state index is 0. The summed E-state index contributed by atoms with van der Waals surface area (Å²) in [6.07, 6.45) is 1.25. The smallest absolute Gasteiger partial charge is 0 e. The van der Waals surface area contributed by atoms with Crippen molar-refractivity contribution in [1.29, 1.82) is 0 Å². The standard InChI is InChI=1S/C3H8.C2H6.5CH4.2CH3.2H2N.Pt.Y/c1-3-2;1-2;;;;;;;;;;;/h3H2,1-2H3;1-2H3;5*1H4;2*1H3;2*1H2;;/q;;;;;;;4*-1;;. The molecule has 119 valence electrons. The maximum absolute atomic E-state index is 2.12. The molecule has 0 aliphatic rings. The Morgan fingerprint density at radius 1 is 0.625 bits per heavy atom. The van der Waals surface area contributed by atoms with Gasteiger partial charge < -0.3 is 27.2 Å². The second kappa shape index (κ2) is 561. The molecule has 0 aliphatic carbocycles. The molecule has 0 aromatic heterocycles. The second-order valence-corrected chi connectivity index (χ2v) is 0.707. The predicted octanol–water partition coefficient (Wildman–Crippen LogP) is 7.95. The van der Waals surface area contributed by atoms with Gasteiger partial charge in [0.1, 0.15) is 0 Å². The van der Waals surface area contributed by atoms with Crippen molar-refractivity contribution in [3.8, 4) is 0 Å². The van der Waals surface area contributed by atoms with Crippen LogP contribution in [-0.2, 0) is 53.8 Å². The van der Waals surface area contributed by atoms with Crippen LogP contribution in [0, 0.1) is 14.9 Å². The zero-order valence-electron chi connectivity index (χ0n) is 8.76. The molecule has 0 aliphatic heterocycles. The summed E-state index contributed by atoms with van der Waals surface area (Å²) in [5, 5.41) is 0. The number of rotatable bonds is 0. The largest absolute Gasteiger partial charge is 0.693 e. The summed E-state index contributed by atoms with van der Waals surface area (Å²) in [4.78, 5) is 0. The van der Waals surface area contributed by atoms with Crippen molar-refractivity contribution in [2.75, 3.05) is 0 Å². The number of hydrogen-bond acceptors (Lipinski definition) is 0. The van der Waals surface area contributed by atoms with E-state index in [-0.39, 0.29) is 118 Å². The van der Waals surface area contributed by atoms with Crippen molar-refractivity contribution in [3.63, 3.8) is 0 Å². The van der Waals surface area contributed by atoms with Gasteiger partial charge in [0, 0.05) is 53.8 Å². The first-order valence-electron chi connectivity index (χ1n) is 2.41. The topological polar surface area (TPSA) is 67.0 Å². The average Bonchev–Trinajstić information content (AvgIpc) is 1.46. The molecule has 0 fully saturated rings. The zero-order chi connectivity index (χ0) is 4.71. The SMILES string of the molecule is C.C.C.C.C.CC.CCC.[CH3-].[CH3-].[NH2-].[NH2-].[Pt].[Y]. The van der Waals surface area contributed by atoms with Gasteiger partial charge in [-0.05, 0) is 0 Å². The van der Waals surface area contributed by atoms with Crippen LogP contribution < -0.4 is 0 Å². The van der Waals surface area contributed by atoms with E-state index in [4.69, 9.17) is 0 Å². The fourth-order valence-electron chi connectivity index (χ4n) is 0. The summed E-state index contributed by atoms with van der Waals surface area (Å²) in [5.74, 6) is 0. The maximum Gasteiger partial charge on any atom is 0 e. The summed E-state index contributed by atoms with van der Waals surface area (Å²) in [6.45, 7) is 8.25. The van der Waals surface area contributed by atoms with Gasteiger partial charge in [-0.1, -0.05) is 71.2 Å². The molecule has 0 atom stereocenters. The van der Waals surface area contributed by atoms with E-state index in [0.717, 1.165) is 0 Å². The van der Waals surface area contributed by atoms with Crippen LogP contribution in [0.1, 0.15) is 71.2 Å². The molecule has 1 radical (unpaired) electrons. The van der Waals surface area contributed by atoms with E-state index < -0.39 is 0 Å². The van der Waals surface area contributed by atoms with E-state index >= 15 is 0 Å². The molecular formula is C12H44N2PtY-4. The second-order valence-electron chi connectivity index (χ2n) is 0.707. The Morgan fingerprint density at radius 3 is 0.625 bits per heavy atom. The molecule has 4 N–H and O–H groups in total. The van der Waals surface area contributed by atoms with Gasteiger partial charge in [0.15, 0.2) is 0 Å². The van der Waals surface area contributed by atoms with Crippen molar-refractivity contribution in [2.24, 2.45) is 0 Å². The molecule has 0 aromatic rings. The Bertz CT molecular complexity index is 19.0. The Morgan fingerprint density at radius 2 is 0.625 bits per heavy atom. The van der Waals surface area contributed by atoms with Crippen LogP contribution in [0.3, 0.4) is 0 Å². The number of nitrogens with two attached hydrogens (primary N) is 2. The Hall–Kier alpha value is 1.71. The fraction of sp³-hybridized carbons (Fsp3) is 0.833. The Labute approximate surface area is 151 Å². The third-order valence-electron chi connectivity index (χ3n) is 0. The summed E-state index contributed by atoms with van der Waals surface area (Å²) in [7, 11) is 0. The molecule has 0 aromatic carbocycles. The van der Waals surface area contributed by atoms with Crippen LogP contribution in [0.15, 0.2) is 0 Å². The van der Waals surface area contributed by atoms with Crippen LogP contribution in [0.4, 0.5) is 0 Å². The third-order valence-corrected chi connectivity index (χ3v) is 0. The van der Waals surface area contributed by atoms with Crippen LogP contribution >= 0.6 is 0 Å². The van der Waals surface area contributed by atoms with E-state index in [2.05, 4.69) is 13.8 Å². The van der Waals surface area contributed by atoms with E-state index in [1.807, 2.05) is 13.8 Å². The van der Waals surface area contributed by atoms with Crippen molar-refractivity contribution in [1.82, 2.24) is 0 Å². The molecule has 16 heavy (non-hydrogen) atoms. The summed E-state index contributed by atoms with van der Waals surface area (Å²) < 4.78 is 0. The van der Waals surface area contributed by atoms with E-state index in [1.165, 1.54) is 6.42 Å². The molecule has 2 nitrogen and oxygen atoms in total. The monoisotopic (exact) mass is 500 g/mol. The minimum absolute atomic E-state index is 0. The van der Waals surface area contributed by atoms with Gasteiger partial charge >= 0.3 is 0 Å². The van der Waals surface area contributed by atoms with E-state index in [9.17, 15) is 0 Å². The molecule has 0 saturated heterocycles. The normalized spacial score (nSPS) is 1.50. The molecule has 0 unspecified atom stereocenters. The molecule has 0 bridgehead atoms. The first-order valence-corrected chi connectivity index (χ1v) is 2.41. The summed E-state index contributed by atoms with van der Waals surface area (Å²) >= 11 is 0. The van der Waals surface area contributed by atoms with Gasteiger partial charge in [0.25, 0.3) is 0 Å². The van der Waals surface area contributed by atoms with E-state index in [0.29, 0.717) is 0 Å². The molecule has 0 saturated carbocycles. The van der Waals surface area contributed by atoms with Gasteiger partial charge in [-0.25, -0.2) is 0 Å². The van der Waals surface area contributed by atoms with Crippen LogP contribution in [0.25, 0.3) is 12.3 Å². The van der Waals surface area contributed by atoms with Crippen molar-refractivity contribution in [3.05, 3.63) is 27.2 Å². The van der Waals surface area contributed by atoms with Gasteiger partial charge in [0.05, 0.1) is 0 Å². The van der Waals surface area contributed by atoms with Gasteiger partial charge in [-0.3, -0.25) is 0 Å². The molecule has 0 spiro atoms. The van der Waals surface area contributed by atoms with Crippen LogP contribution in [0.5, 0.6) is 0 Å². The third kappa shape index (κ3) is 1160. The van der Waals surface area contributed by atoms with Gasteiger partial charge in [-0.15, -0.1) is 0 Å². The van der Waals surface area contributed by atoms with Crippen molar-refractivity contribution >= 4 is 0 Å². The first-order chi connectivity index (χ1) is 2.41. The van der Waals surface area contributed by atoms with Gasteiger partial charge in [-0.2, -0.15) is 0 Å². The minimum Gasteiger partial charge on any atom is -0.693 e. The fourth-order valence-corrected chi connectivity index (χ4v) is 0. The quantitative estimate of drug-likeness (QED) is 0.303. The van der Waals surface area contributed by atoms with Gasteiger partial charge in [0.2, 0.25) is 0 Å². The molecule has 0 amide bonds. The van der Waals surface area contributed by atoms with E-state index in [1.54, 1.807) is 0 Å². The van der Waals surface area contributed by atoms with Crippen LogP contribution in [-0.4, -0.2) is 0 Å². The van der Waals surface area contributed by atoms with Crippen molar-refractivity contribution < 1.29 is 53.8 Å². The maximum atomic E-state index is 2.12. The van der Waals surface area contributed by atoms with Crippen LogP contribution in [0.2, 0.25) is 0 Å². The Kier molecular flexibility index (Phi) is 7810. The molecule has 0 heterocycles. The average molecular weight is 500 g/mol. The summed E-state index contributed by atoms with van der Waals surface area (Å²) in [5.41, 5.74) is 0. The summed E-state index contributed by atoms with van der Waals surface area (Å²) in [6, 6.07) is 0. The molecular weight excluding hydrogens is 456 g/mol. The zero-order valence-corrected chi connectivity index (χ0v) is 13.9. The molecule has 0 rings (SSSR count). The predicted molar refractivity (Wildman–Crippen MR) is 84.4 cm³/mol. The van der Waals surface area contributed by atoms with Crippen molar-refractivity contribution in [2.45, 2.75) is 71.2 Å².